The summed E-state index contributed by atoms with van der Waals surface area (Å²) in [6.07, 6.45) is 0.274. The van der Waals surface area contributed by atoms with Gasteiger partial charge in [0.25, 0.3) is 0 Å². The Morgan fingerprint density at radius 1 is 0.951 bits per heavy atom. The monoisotopic (exact) mass is 850 g/mol. The van der Waals surface area contributed by atoms with Crippen molar-refractivity contribution >= 4 is 40.6 Å². The van der Waals surface area contributed by atoms with Crippen LogP contribution in [0.15, 0.2) is 60.1 Å². The van der Waals surface area contributed by atoms with Crippen molar-refractivity contribution in [1.29, 1.82) is 0 Å². The molecule has 0 spiro atoms. The summed E-state index contributed by atoms with van der Waals surface area (Å²) in [6, 6.07) is 15.5. The van der Waals surface area contributed by atoms with Crippen molar-refractivity contribution in [1.82, 2.24) is 40.5 Å². The van der Waals surface area contributed by atoms with Crippen molar-refractivity contribution in [3.63, 3.8) is 0 Å². The second-order valence-electron chi connectivity index (χ2n) is 18.1. The molecule has 5 atom stereocenters. The van der Waals surface area contributed by atoms with Crippen molar-refractivity contribution in [3.8, 4) is 27.4 Å². The number of thiazole rings is 1. The lowest BCUT2D eigenvalue weighted by atomic mass is 9.84. The number of amides is 3. The first-order valence-electron chi connectivity index (χ1n) is 21.4. The molecule has 324 valence electrons. The minimum absolute atomic E-state index is 0.0305. The lowest BCUT2D eigenvalue weighted by Gasteiger charge is -2.46. The van der Waals surface area contributed by atoms with E-state index in [1.54, 1.807) is 23.5 Å². The molecule has 0 saturated carbocycles. The van der Waals surface area contributed by atoms with E-state index in [1.165, 1.54) is 4.90 Å². The van der Waals surface area contributed by atoms with Crippen LogP contribution in [0, 0.1) is 18.3 Å². The van der Waals surface area contributed by atoms with Gasteiger partial charge in [-0.25, -0.2) is 4.98 Å². The third-order valence-corrected chi connectivity index (χ3v) is 13.6. The van der Waals surface area contributed by atoms with Gasteiger partial charge in [0.05, 0.1) is 51.6 Å². The number of aryl methyl sites for hydroxylation is 1. The number of fused-ring (bicyclic) bond motifs is 3. The van der Waals surface area contributed by atoms with Crippen molar-refractivity contribution in [2.24, 2.45) is 11.3 Å². The Morgan fingerprint density at radius 2 is 1.70 bits per heavy atom. The number of β-amino-alcohol motifs (C(OH)–C–C–N with tert-alkyl or cyclic N) is 1. The lowest BCUT2D eigenvalue weighted by molar-refractivity contribution is -0.145. The minimum Gasteiger partial charge on any atom is -0.507 e. The molecule has 2 aromatic heterocycles. The summed E-state index contributed by atoms with van der Waals surface area (Å²) in [5, 5.41) is 39.5. The van der Waals surface area contributed by atoms with Crippen LogP contribution in [0.4, 0.5) is 11.5 Å². The zero-order valence-corrected chi connectivity index (χ0v) is 36.5. The number of phenolic OH excluding ortho intramolecular Hbond substituents is 1. The van der Waals surface area contributed by atoms with E-state index in [0.717, 1.165) is 78.9 Å². The molecule has 0 bridgehead atoms. The summed E-state index contributed by atoms with van der Waals surface area (Å²) in [7, 11) is 0. The molecule has 16 heteroatoms. The first kappa shape index (κ1) is 42.5. The Balaban J connectivity index is 0.797. The third-order valence-electron chi connectivity index (χ3n) is 12.7. The highest BCUT2D eigenvalue weighted by Crippen LogP contribution is 2.36. The molecule has 4 aliphatic rings. The normalized spacial score (nSPS) is 21.8. The third kappa shape index (κ3) is 9.22. The summed E-state index contributed by atoms with van der Waals surface area (Å²) < 4.78 is 0. The fourth-order valence-electron chi connectivity index (χ4n) is 9.09. The number of anilines is 2. The Labute approximate surface area is 361 Å². The molecule has 61 heavy (non-hydrogen) atoms. The molecule has 0 aliphatic carbocycles. The van der Waals surface area contributed by atoms with Gasteiger partial charge in [-0.05, 0) is 68.1 Å². The molecule has 3 saturated heterocycles. The quantitative estimate of drug-likeness (QED) is 0.139. The number of likely N-dealkylation sites (tertiary alicyclic amines) is 2. The average molecular weight is 851 g/mol. The maximum Gasteiger partial charge on any atom is 0.246 e. The van der Waals surface area contributed by atoms with E-state index in [9.17, 15) is 24.6 Å². The molecule has 3 amide bonds. The van der Waals surface area contributed by atoms with Crippen molar-refractivity contribution in [2.75, 3.05) is 69.1 Å². The molecule has 3 fully saturated rings. The van der Waals surface area contributed by atoms with E-state index in [1.807, 2.05) is 82.6 Å². The van der Waals surface area contributed by atoms with Gasteiger partial charge < -0.3 is 40.9 Å². The van der Waals surface area contributed by atoms with E-state index in [-0.39, 0.29) is 54.4 Å². The summed E-state index contributed by atoms with van der Waals surface area (Å²) >= 11 is 1.59. The number of nitrogens with one attached hydrogen (secondary N) is 3. The van der Waals surface area contributed by atoms with E-state index < -0.39 is 23.6 Å². The van der Waals surface area contributed by atoms with Gasteiger partial charge in [-0.3, -0.25) is 19.3 Å². The minimum atomic E-state index is -0.862. The van der Waals surface area contributed by atoms with Gasteiger partial charge in [-0.2, -0.15) is 0 Å². The number of aliphatic hydroxyl groups is 1. The largest absolute Gasteiger partial charge is 0.507 e. The number of aromatic nitrogens is 3. The van der Waals surface area contributed by atoms with Gasteiger partial charge in [-0.15, -0.1) is 21.5 Å². The Kier molecular flexibility index (Phi) is 12.3. The van der Waals surface area contributed by atoms with Crippen LogP contribution in [-0.2, 0) is 14.4 Å². The molecular weight excluding hydrogens is 793 g/mol. The van der Waals surface area contributed by atoms with Crippen LogP contribution in [0.5, 0.6) is 5.75 Å². The molecular formula is C45H58N10O5S. The van der Waals surface area contributed by atoms with Crippen LogP contribution in [0.1, 0.15) is 57.8 Å². The first-order chi connectivity index (χ1) is 29.2. The van der Waals surface area contributed by atoms with Crippen molar-refractivity contribution in [2.45, 2.75) is 77.7 Å². The highest BCUT2D eigenvalue weighted by atomic mass is 32.1. The average Bonchev–Trinajstić information content (AvgIpc) is 3.85. The molecule has 8 rings (SSSR count). The SMILES string of the molecule is Cc1ncsc1-c1ccc([C@H](C)NC(=O)[C@@H]2C[C@@H](O)CN2C(=O)[C@@H](NC(=O)C2CN(CCCN3CCN4c5cc(-c6ccccc6O)nnc5NCC4C3)C2)C(C)(C)C)cc1. The fourth-order valence-corrected chi connectivity index (χ4v) is 9.90. The van der Waals surface area contributed by atoms with Gasteiger partial charge in [0.15, 0.2) is 5.82 Å². The molecule has 1 unspecified atom stereocenters. The number of aliphatic hydroxyl groups excluding tert-OH is 1. The predicted molar refractivity (Wildman–Crippen MR) is 236 cm³/mol. The number of carbonyl (C=O) groups is 3. The van der Waals surface area contributed by atoms with Crippen LogP contribution >= 0.6 is 11.3 Å². The number of para-hydroxylation sites is 1. The number of nitrogens with zero attached hydrogens (tertiary/aromatic N) is 7. The molecule has 4 aromatic rings. The zero-order valence-electron chi connectivity index (χ0n) is 35.7. The summed E-state index contributed by atoms with van der Waals surface area (Å²) in [6.45, 7) is 16.2. The van der Waals surface area contributed by atoms with E-state index in [2.05, 4.69) is 45.8 Å². The van der Waals surface area contributed by atoms with Crippen LogP contribution in [0.2, 0.25) is 0 Å². The van der Waals surface area contributed by atoms with Crippen molar-refractivity contribution < 1.29 is 24.6 Å². The molecule has 0 radical (unpaired) electrons. The number of hydrogen-bond donors (Lipinski definition) is 5. The second kappa shape index (κ2) is 17.7. The Hall–Kier alpha value is -5.16. The molecule has 5 N–H and O–H groups in total. The number of aromatic hydroxyl groups is 1. The number of piperazine rings is 1. The maximum atomic E-state index is 14.2. The molecule has 15 nitrogen and oxygen atoms in total. The molecule has 6 heterocycles. The summed E-state index contributed by atoms with van der Waals surface area (Å²) in [4.78, 5) is 55.7. The molecule has 4 aliphatic heterocycles. The van der Waals surface area contributed by atoms with Gasteiger partial charge in [0, 0.05) is 57.8 Å². The lowest BCUT2D eigenvalue weighted by Crippen LogP contribution is -2.61. The fraction of sp³-hybridized carbons (Fsp3) is 0.511. The van der Waals surface area contributed by atoms with E-state index >= 15 is 0 Å². The van der Waals surface area contributed by atoms with Crippen LogP contribution in [-0.4, -0.2) is 141 Å². The number of rotatable bonds is 12. The topological polar surface area (TPSA) is 179 Å². The van der Waals surface area contributed by atoms with Gasteiger partial charge in [0.1, 0.15) is 17.8 Å². The molecule has 2 aromatic carbocycles. The van der Waals surface area contributed by atoms with Crippen LogP contribution in [0.3, 0.4) is 0 Å². The number of hydrogen-bond acceptors (Lipinski definition) is 13. The van der Waals surface area contributed by atoms with Crippen LogP contribution in [0.25, 0.3) is 21.7 Å². The Bertz CT molecular complexity index is 2220. The van der Waals surface area contributed by atoms with Gasteiger partial charge >= 0.3 is 0 Å². The van der Waals surface area contributed by atoms with E-state index in [0.29, 0.717) is 24.3 Å². The van der Waals surface area contributed by atoms with E-state index in [4.69, 9.17) is 0 Å². The highest BCUT2D eigenvalue weighted by Gasteiger charge is 2.46. The highest BCUT2D eigenvalue weighted by molar-refractivity contribution is 7.13. The first-order valence-corrected chi connectivity index (χ1v) is 22.3. The number of phenols is 1. The van der Waals surface area contributed by atoms with Crippen molar-refractivity contribution in [3.05, 3.63) is 71.4 Å². The summed E-state index contributed by atoms with van der Waals surface area (Å²) in [5.74, 6) is -0.117. The predicted octanol–water partition coefficient (Wildman–Crippen LogP) is 3.89. The second-order valence-corrected chi connectivity index (χ2v) is 19.0. The van der Waals surface area contributed by atoms with Gasteiger partial charge in [0.2, 0.25) is 17.7 Å². The zero-order chi connectivity index (χ0) is 43.0. The number of benzene rings is 2. The standard InChI is InChI=1S/C45H58N10O5S/c1-27(29-11-13-30(14-12-29)39-28(2)47-26-61-39)48-43(59)37-19-33(56)25-55(37)44(60)40(45(3,4)5)49-42(58)31-22-53(23-31)16-8-15-52-17-18-54-32(24-52)21-46-41-36(54)20-35(50-51-41)34-9-6-7-10-38(34)57/h6-7,9-14,20,26-27,31-33,37,40,56-57H,8,15-19,21-25H2,1-5H3,(H,46,51)(H,48,59)(H,49,58)/t27-,32?,33+,37-,40+/m0/s1. The smallest absolute Gasteiger partial charge is 0.246 e. The van der Waals surface area contributed by atoms with Gasteiger partial charge in [-0.1, -0.05) is 57.2 Å². The maximum absolute atomic E-state index is 14.2. The van der Waals surface area contributed by atoms with Crippen LogP contribution < -0.4 is 20.9 Å². The Morgan fingerprint density at radius 3 is 2.43 bits per heavy atom. The number of carbonyl (C=O) groups excluding carboxylic acids is 3. The summed E-state index contributed by atoms with van der Waals surface area (Å²) in [5.41, 5.74) is 6.49.